The van der Waals surface area contributed by atoms with E-state index in [0.29, 0.717) is 16.9 Å². The number of hydrogen-bond donors (Lipinski definition) is 0. The van der Waals surface area contributed by atoms with Crippen molar-refractivity contribution in [1.82, 2.24) is 0 Å². The summed E-state index contributed by atoms with van der Waals surface area (Å²) in [6.45, 7) is 20.6. The summed E-state index contributed by atoms with van der Waals surface area (Å²) in [5.41, 5.74) is 1.86. The Balaban J connectivity index is 1.60. The maximum absolute atomic E-state index is 13.4. The minimum Gasteiger partial charge on any atom is -0.465 e. The summed E-state index contributed by atoms with van der Waals surface area (Å²) in [7, 11) is 1.35. The average molecular weight is 645 g/mol. The standard InChI is InChI=1S/C40H52O7/c1-12-38(5,6)25-33(37(2,3)4)36(43)47-39(7,8)26-45-40(9,10)31-21-17-30(18-22-31)35(42)46-32-23-19-28(20-24-32)27-13-15-29(16-14-27)34(41)44-11/h13-24,33H,12,25-26H2,1-11H3. The Morgan fingerprint density at radius 2 is 1.17 bits per heavy atom. The second-order valence-corrected chi connectivity index (χ2v) is 15.2. The Labute approximate surface area is 281 Å². The molecule has 0 fully saturated rings. The molecule has 3 rings (SSSR count). The van der Waals surface area contributed by atoms with Gasteiger partial charge in [0.1, 0.15) is 11.4 Å². The van der Waals surface area contributed by atoms with Crippen LogP contribution < -0.4 is 4.74 Å². The molecule has 0 heterocycles. The summed E-state index contributed by atoms with van der Waals surface area (Å²) < 4.78 is 22.7. The first-order chi connectivity index (χ1) is 21.8. The molecule has 0 spiro atoms. The summed E-state index contributed by atoms with van der Waals surface area (Å²) in [4.78, 5) is 38.0. The minimum absolute atomic E-state index is 0.0328. The molecule has 0 saturated carbocycles. The van der Waals surface area contributed by atoms with Crippen LogP contribution in [-0.4, -0.2) is 37.2 Å². The van der Waals surface area contributed by atoms with Crippen molar-refractivity contribution in [3.8, 4) is 16.9 Å². The summed E-state index contributed by atoms with van der Waals surface area (Å²) in [5.74, 6) is -0.875. The molecule has 0 N–H and O–H groups in total. The fourth-order valence-electron chi connectivity index (χ4n) is 5.06. The highest BCUT2D eigenvalue weighted by Crippen LogP contribution is 2.39. The first-order valence-corrected chi connectivity index (χ1v) is 16.3. The van der Waals surface area contributed by atoms with Gasteiger partial charge in [0.15, 0.2) is 0 Å². The molecule has 0 bridgehead atoms. The first kappa shape index (κ1) is 37.5. The van der Waals surface area contributed by atoms with E-state index in [1.54, 1.807) is 36.4 Å². The third-order valence-corrected chi connectivity index (χ3v) is 8.72. The van der Waals surface area contributed by atoms with Gasteiger partial charge in [-0.1, -0.05) is 84.4 Å². The molecule has 0 aliphatic rings. The molecule has 0 radical (unpaired) electrons. The van der Waals surface area contributed by atoms with E-state index in [9.17, 15) is 14.4 Å². The number of hydrogen-bond acceptors (Lipinski definition) is 7. The topological polar surface area (TPSA) is 88.1 Å². The average Bonchev–Trinajstić information content (AvgIpc) is 3.02. The van der Waals surface area contributed by atoms with Gasteiger partial charge in [0.2, 0.25) is 0 Å². The van der Waals surface area contributed by atoms with Crippen molar-refractivity contribution in [1.29, 1.82) is 0 Å². The van der Waals surface area contributed by atoms with Gasteiger partial charge in [-0.3, -0.25) is 4.79 Å². The van der Waals surface area contributed by atoms with Crippen LogP contribution in [0.15, 0.2) is 72.8 Å². The fraction of sp³-hybridized carbons (Fsp3) is 0.475. The lowest BCUT2D eigenvalue weighted by Crippen LogP contribution is -2.42. The lowest BCUT2D eigenvalue weighted by Gasteiger charge is -2.38. The van der Waals surface area contributed by atoms with E-state index in [4.69, 9.17) is 18.9 Å². The van der Waals surface area contributed by atoms with Gasteiger partial charge in [-0.15, -0.1) is 0 Å². The van der Waals surface area contributed by atoms with Crippen molar-refractivity contribution in [2.24, 2.45) is 16.7 Å². The van der Waals surface area contributed by atoms with Gasteiger partial charge in [-0.05, 0) is 98.0 Å². The van der Waals surface area contributed by atoms with E-state index >= 15 is 0 Å². The fourth-order valence-corrected chi connectivity index (χ4v) is 5.06. The molecule has 3 aromatic rings. The third-order valence-electron chi connectivity index (χ3n) is 8.72. The molecule has 0 aliphatic carbocycles. The Bertz CT molecular complexity index is 1510. The van der Waals surface area contributed by atoms with Crippen LogP contribution in [0.2, 0.25) is 0 Å². The maximum atomic E-state index is 13.4. The number of benzene rings is 3. The molecular weight excluding hydrogens is 592 g/mol. The van der Waals surface area contributed by atoms with Gasteiger partial charge in [0, 0.05) is 0 Å². The Morgan fingerprint density at radius 3 is 1.66 bits per heavy atom. The number of esters is 3. The minimum atomic E-state index is -0.833. The monoisotopic (exact) mass is 644 g/mol. The van der Waals surface area contributed by atoms with Crippen LogP contribution in [0.25, 0.3) is 11.1 Å². The zero-order valence-electron chi connectivity index (χ0n) is 30.0. The molecule has 1 unspecified atom stereocenters. The highest BCUT2D eigenvalue weighted by molar-refractivity contribution is 5.91. The molecule has 254 valence electrons. The molecule has 0 saturated heterocycles. The largest absolute Gasteiger partial charge is 0.465 e. The molecule has 0 aromatic heterocycles. The highest BCUT2D eigenvalue weighted by atomic mass is 16.6. The number of ether oxygens (including phenoxy) is 4. The van der Waals surface area contributed by atoms with Crippen LogP contribution in [0.3, 0.4) is 0 Å². The van der Waals surface area contributed by atoms with Gasteiger partial charge < -0.3 is 18.9 Å². The van der Waals surface area contributed by atoms with Gasteiger partial charge in [0.25, 0.3) is 0 Å². The van der Waals surface area contributed by atoms with Gasteiger partial charge in [-0.25, -0.2) is 9.59 Å². The van der Waals surface area contributed by atoms with E-state index in [0.717, 1.165) is 29.5 Å². The zero-order chi connectivity index (χ0) is 35.2. The van der Waals surface area contributed by atoms with E-state index in [2.05, 4.69) is 41.5 Å². The van der Waals surface area contributed by atoms with Crippen LogP contribution in [0.5, 0.6) is 5.75 Å². The molecule has 3 aromatic carbocycles. The van der Waals surface area contributed by atoms with Gasteiger partial charge in [0.05, 0.1) is 36.4 Å². The van der Waals surface area contributed by atoms with Crippen molar-refractivity contribution in [2.75, 3.05) is 13.7 Å². The predicted molar refractivity (Wildman–Crippen MR) is 185 cm³/mol. The molecule has 1 atom stereocenters. The van der Waals surface area contributed by atoms with Crippen molar-refractivity contribution in [3.63, 3.8) is 0 Å². The van der Waals surface area contributed by atoms with Crippen molar-refractivity contribution in [2.45, 2.75) is 93.3 Å². The molecule has 0 aliphatic heterocycles. The normalized spacial score (nSPS) is 13.1. The Kier molecular flexibility index (Phi) is 11.8. The summed E-state index contributed by atoms with van der Waals surface area (Å²) >= 11 is 0. The lowest BCUT2D eigenvalue weighted by molar-refractivity contribution is -0.178. The number of carbonyl (C=O) groups is 3. The van der Waals surface area contributed by atoms with Gasteiger partial charge >= 0.3 is 17.9 Å². The van der Waals surface area contributed by atoms with Crippen molar-refractivity contribution in [3.05, 3.63) is 89.5 Å². The van der Waals surface area contributed by atoms with Crippen LogP contribution in [-0.2, 0) is 24.6 Å². The van der Waals surface area contributed by atoms with Crippen LogP contribution in [0.4, 0.5) is 0 Å². The second kappa shape index (κ2) is 14.8. The summed E-state index contributed by atoms with van der Waals surface area (Å²) in [6.07, 6.45) is 1.73. The van der Waals surface area contributed by atoms with E-state index in [-0.39, 0.29) is 35.3 Å². The number of rotatable bonds is 13. The van der Waals surface area contributed by atoms with E-state index in [1.807, 2.05) is 64.1 Å². The van der Waals surface area contributed by atoms with Crippen LogP contribution >= 0.6 is 0 Å². The number of methoxy groups -OCH3 is 1. The van der Waals surface area contributed by atoms with E-state index < -0.39 is 17.2 Å². The van der Waals surface area contributed by atoms with Crippen LogP contribution in [0, 0.1) is 16.7 Å². The number of carbonyl (C=O) groups excluding carboxylic acids is 3. The lowest BCUT2D eigenvalue weighted by atomic mass is 9.70. The molecule has 0 amide bonds. The first-order valence-electron chi connectivity index (χ1n) is 16.3. The highest BCUT2D eigenvalue weighted by Gasteiger charge is 2.39. The molecule has 7 nitrogen and oxygen atoms in total. The van der Waals surface area contributed by atoms with Gasteiger partial charge in [-0.2, -0.15) is 0 Å². The zero-order valence-corrected chi connectivity index (χ0v) is 30.0. The molecular formula is C40H52O7. The quantitative estimate of drug-likeness (QED) is 0.135. The Morgan fingerprint density at radius 1 is 0.681 bits per heavy atom. The summed E-state index contributed by atoms with van der Waals surface area (Å²) in [5, 5.41) is 0. The van der Waals surface area contributed by atoms with E-state index in [1.165, 1.54) is 7.11 Å². The van der Waals surface area contributed by atoms with Crippen molar-refractivity contribution < 1.29 is 33.3 Å². The molecule has 7 heteroatoms. The predicted octanol–water partition coefficient (Wildman–Crippen LogP) is 9.42. The maximum Gasteiger partial charge on any atom is 0.343 e. The third kappa shape index (κ3) is 10.5. The summed E-state index contributed by atoms with van der Waals surface area (Å²) in [6, 6.07) is 21.4. The second-order valence-electron chi connectivity index (χ2n) is 15.2. The Hall–Kier alpha value is -3.97. The molecule has 47 heavy (non-hydrogen) atoms. The smallest absolute Gasteiger partial charge is 0.343 e. The van der Waals surface area contributed by atoms with Crippen LogP contribution in [0.1, 0.15) is 108 Å². The van der Waals surface area contributed by atoms with Crippen molar-refractivity contribution >= 4 is 17.9 Å². The SMILES string of the molecule is CCC(C)(C)CC(C(=O)OC(C)(C)COC(C)(C)c1ccc(C(=O)Oc2ccc(-c3ccc(C(=O)OC)cc3)cc2)cc1)C(C)(C)C.